The summed E-state index contributed by atoms with van der Waals surface area (Å²) in [5.74, 6) is -4.09. The van der Waals surface area contributed by atoms with Crippen LogP contribution >= 0.6 is 0 Å². The number of halogens is 3. The molecule has 7 nitrogen and oxygen atoms in total. The van der Waals surface area contributed by atoms with Crippen molar-refractivity contribution in [3.63, 3.8) is 0 Å². The summed E-state index contributed by atoms with van der Waals surface area (Å²) in [6, 6.07) is 0.555. The number of benzene rings is 1. The highest BCUT2D eigenvalue weighted by molar-refractivity contribution is 5.94. The molecule has 4 rings (SSSR count). The Morgan fingerprint density at radius 1 is 1.24 bits per heavy atom. The Hall–Kier alpha value is -3.04. The van der Waals surface area contributed by atoms with Crippen molar-refractivity contribution < 1.29 is 27.3 Å². The van der Waals surface area contributed by atoms with Crippen molar-refractivity contribution in [2.75, 3.05) is 16.8 Å². The summed E-state index contributed by atoms with van der Waals surface area (Å²) in [6.45, 7) is 2.45. The number of hydrogen-bond acceptors (Lipinski definition) is 4. The maximum absolute atomic E-state index is 13.4. The first-order valence-corrected chi connectivity index (χ1v) is 9.35. The van der Waals surface area contributed by atoms with Crippen LogP contribution in [0.3, 0.4) is 0 Å². The predicted molar refractivity (Wildman–Crippen MR) is 96.8 cm³/mol. The second-order valence-electron chi connectivity index (χ2n) is 7.28. The minimum atomic E-state index is -1.60. The van der Waals surface area contributed by atoms with E-state index in [4.69, 9.17) is 4.52 Å². The summed E-state index contributed by atoms with van der Waals surface area (Å²) >= 11 is 0. The van der Waals surface area contributed by atoms with Gasteiger partial charge in [0.2, 0.25) is 11.8 Å². The van der Waals surface area contributed by atoms with E-state index in [1.807, 2.05) is 0 Å². The lowest BCUT2D eigenvalue weighted by molar-refractivity contribution is -0.119. The first-order chi connectivity index (χ1) is 13.8. The maximum Gasteiger partial charge on any atom is 0.322 e. The zero-order chi connectivity index (χ0) is 20.7. The molecule has 0 spiro atoms. The zero-order valence-electron chi connectivity index (χ0n) is 15.7. The van der Waals surface area contributed by atoms with Crippen molar-refractivity contribution in [1.29, 1.82) is 0 Å². The van der Waals surface area contributed by atoms with E-state index < -0.39 is 23.5 Å². The first kappa shape index (κ1) is 19.3. The highest BCUT2D eigenvalue weighted by Gasteiger charge is 2.35. The van der Waals surface area contributed by atoms with Crippen LogP contribution in [-0.4, -0.2) is 34.6 Å². The number of fused-ring (bicyclic) bond motifs is 1. The predicted octanol–water partition coefficient (Wildman–Crippen LogP) is 3.59. The Morgan fingerprint density at radius 2 is 1.97 bits per heavy atom. The molecule has 0 radical (unpaired) electrons. The van der Waals surface area contributed by atoms with Crippen molar-refractivity contribution >= 4 is 23.5 Å². The average Bonchev–Trinajstić information content (AvgIpc) is 3.08. The van der Waals surface area contributed by atoms with Crippen LogP contribution in [0.25, 0.3) is 0 Å². The molecule has 2 aliphatic rings. The lowest BCUT2D eigenvalue weighted by Gasteiger charge is -2.33. The third-order valence-corrected chi connectivity index (χ3v) is 5.26. The van der Waals surface area contributed by atoms with Gasteiger partial charge in [-0.25, -0.2) is 18.0 Å². The molecule has 10 heteroatoms. The summed E-state index contributed by atoms with van der Waals surface area (Å²) in [5.41, 5.74) is 1.12. The minimum absolute atomic E-state index is 0.0536. The van der Waals surface area contributed by atoms with Crippen LogP contribution in [0.1, 0.15) is 37.4 Å². The van der Waals surface area contributed by atoms with Gasteiger partial charge in [-0.05, 0) is 19.8 Å². The summed E-state index contributed by atoms with van der Waals surface area (Å²) < 4.78 is 45.4. The molecule has 2 aromatic rings. The van der Waals surface area contributed by atoms with Gasteiger partial charge < -0.3 is 14.7 Å². The number of anilines is 2. The van der Waals surface area contributed by atoms with Crippen molar-refractivity contribution in [3.8, 4) is 0 Å². The fourth-order valence-corrected chi connectivity index (χ4v) is 3.70. The molecule has 1 aromatic heterocycles. The Kier molecular flexibility index (Phi) is 4.93. The lowest BCUT2D eigenvalue weighted by Crippen LogP contribution is -2.45. The van der Waals surface area contributed by atoms with Gasteiger partial charge in [0.25, 0.3) is 0 Å². The third-order valence-electron chi connectivity index (χ3n) is 5.26. The SMILES string of the molecule is CC1Cc2noc(N3CCCCC3=O)c2CN1C(=O)Nc1cc(F)c(F)c(F)c1. The Labute approximate surface area is 164 Å². The minimum Gasteiger partial charge on any atom is -0.338 e. The van der Waals surface area contributed by atoms with Crippen molar-refractivity contribution in [2.24, 2.45) is 0 Å². The molecule has 1 saturated heterocycles. The molecule has 0 saturated carbocycles. The van der Waals surface area contributed by atoms with Crippen molar-refractivity contribution in [3.05, 3.63) is 40.8 Å². The van der Waals surface area contributed by atoms with Crippen LogP contribution in [0.4, 0.5) is 29.5 Å². The highest BCUT2D eigenvalue weighted by atomic mass is 19.2. The molecule has 0 bridgehead atoms. The molecule has 2 aliphatic heterocycles. The molecule has 1 N–H and O–H groups in total. The molecule has 29 heavy (non-hydrogen) atoms. The number of aromatic nitrogens is 1. The first-order valence-electron chi connectivity index (χ1n) is 9.35. The molecule has 1 fully saturated rings. The van der Waals surface area contributed by atoms with E-state index in [-0.39, 0.29) is 24.2 Å². The number of carbonyl (C=O) groups is 2. The average molecular weight is 408 g/mol. The van der Waals surface area contributed by atoms with Gasteiger partial charge in [0.1, 0.15) is 0 Å². The number of hydrogen-bond donors (Lipinski definition) is 1. The van der Waals surface area contributed by atoms with Crippen LogP contribution in [0.15, 0.2) is 16.7 Å². The van der Waals surface area contributed by atoms with Gasteiger partial charge in [0.15, 0.2) is 17.5 Å². The van der Waals surface area contributed by atoms with Gasteiger partial charge in [-0.1, -0.05) is 5.16 Å². The molecule has 3 heterocycles. The summed E-state index contributed by atoms with van der Waals surface area (Å²) in [6.07, 6.45) is 2.50. The second-order valence-corrected chi connectivity index (χ2v) is 7.28. The van der Waals surface area contributed by atoms with E-state index in [1.54, 1.807) is 11.8 Å². The quantitative estimate of drug-likeness (QED) is 0.771. The van der Waals surface area contributed by atoms with Crippen LogP contribution in [0, 0.1) is 17.5 Å². The van der Waals surface area contributed by atoms with Gasteiger partial charge in [-0.15, -0.1) is 0 Å². The number of nitrogens with one attached hydrogen (secondary N) is 1. The van der Waals surface area contributed by atoms with Crippen LogP contribution in [-0.2, 0) is 17.8 Å². The molecular weight excluding hydrogens is 389 g/mol. The molecular formula is C19H19F3N4O3. The van der Waals surface area contributed by atoms with Gasteiger partial charge >= 0.3 is 6.03 Å². The fraction of sp³-hybridized carbons (Fsp3) is 0.421. The number of rotatable bonds is 2. The Bertz CT molecular complexity index is 955. The zero-order valence-corrected chi connectivity index (χ0v) is 15.7. The van der Waals surface area contributed by atoms with Crippen LogP contribution in [0.2, 0.25) is 0 Å². The Balaban J connectivity index is 1.56. The van der Waals surface area contributed by atoms with Crippen LogP contribution in [0.5, 0.6) is 0 Å². The topological polar surface area (TPSA) is 78.7 Å². The molecule has 0 aliphatic carbocycles. The van der Waals surface area contributed by atoms with Crippen LogP contribution < -0.4 is 10.2 Å². The maximum atomic E-state index is 13.4. The van der Waals surface area contributed by atoms with Gasteiger partial charge in [0.05, 0.1) is 17.8 Å². The van der Waals surface area contributed by atoms with Crippen molar-refractivity contribution in [1.82, 2.24) is 10.1 Å². The van der Waals surface area contributed by atoms with Crippen molar-refractivity contribution in [2.45, 2.75) is 45.2 Å². The summed E-state index contributed by atoms with van der Waals surface area (Å²) in [5, 5.41) is 6.45. The second kappa shape index (κ2) is 7.41. The lowest BCUT2D eigenvalue weighted by atomic mass is 10.0. The van der Waals surface area contributed by atoms with Gasteiger partial charge in [-0.2, -0.15) is 0 Å². The monoisotopic (exact) mass is 408 g/mol. The fourth-order valence-electron chi connectivity index (χ4n) is 3.70. The normalized spacial score (nSPS) is 19.3. The van der Waals surface area contributed by atoms with E-state index in [1.165, 1.54) is 4.90 Å². The van der Waals surface area contributed by atoms with E-state index in [2.05, 4.69) is 10.5 Å². The van der Waals surface area contributed by atoms with Gasteiger partial charge in [0, 0.05) is 43.2 Å². The Morgan fingerprint density at radius 3 is 2.66 bits per heavy atom. The third kappa shape index (κ3) is 3.54. The number of piperidine rings is 1. The summed E-state index contributed by atoms with van der Waals surface area (Å²) in [4.78, 5) is 28.0. The molecule has 1 atom stereocenters. The highest BCUT2D eigenvalue weighted by Crippen LogP contribution is 2.33. The standard InChI is InChI=1S/C19H19F3N4O3/c1-10-6-15-12(18(29-24-15)25-5-3-2-4-16(25)27)9-26(10)19(28)23-11-7-13(20)17(22)14(21)8-11/h7-8,10H,2-6,9H2,1H3,(H,23,28). The molecule has 1 aromatic carbocycles. The number of carbonyl (C=O) groups excluding carboxylic acids is 2. The largest absolute Gasteiger partial charge is 0.338 e. The van der Waals surface area contributed by atoms with E-state index in [0.29, 0.717) is 48.7 Å². The summed E-state index contributed by atoms with van der Waals surface area (Å²) in [7, 11) is 0. The number of amides is 3. The molecule has 1 unspecified atom stereocenters. The number of nitrogens with zero attached hydrogens (tertiary/aromatic N) is 3. The molecule has 3 amide bonds. The number of urea groups is 1. The van der Waals surface area contributed by atoms with E-state index in [9.17, 15) is 22.8 Å². The molecule has 154 valence electrons. The smallest absolute Gasteiger partial charge is 0.322 e. The van der Waals surface area contributed by atoms with E-state index >= 15 is 0 Å². The van der Waals surface area contributed by atoms with E-state index in [0.717, 1.165) is 12.8 Å². The van der Waals surface area contributed by atoms with Gasteiger partial charge in [-0.3, -0.25) is 9.69 Å².